The lowest BCUT2D eigenvalue weighted by molar-refractivity contribution is 0.162. The Morgan fingerprint density at radius 3 is 2.82 bits per heavy atom. The van der Waals surface area contributed by atoms with E-state index in [4.69, 9.17) is 0 Å². The first-order valence-corrected chi connectivity index (χ1v) is 8.50. The van der Waals surface area contributed by atoms with Gasteiger partial charge in [0, 0.05) is 29.1 Å². The first kappa shape index (κ1) is 13.7. The van der Waals surface area contributed by atoms with Crippen molar-refractivity contribution in [1.82, 2.24) is 15.0 Å². The quantitative estimate of drug-likeness (QED) is 0.916. The van der Waals surface area contributed by atoms with Crippen LogP contribution in [0.1, 0.15) is 25.1 Å². The van der Waals surface area contributed by atoms with Crippen molar-refractivity contribution in [2.45, 2.75) is 29.9 Å². The van der Waals surface area contributed by atoms with Crippen molar-refractivity contribution in [3.8, 4) is 0 Å². The Bertz CT molecular complexity index is 368. The maximum absolute atomic E-state index is 10.5. The number of aliphatic hydroxyl groups is 1. The molecule has 7 heteroatoms. The predicted octanol–water partition coefficient (Wildman–Crippen LogP) is 2.24. The summed E-state index contributed by atoms with van der Waals surface area (Å²) in [4.78, 5) is 0. The fourth-order valence-electron chi connectivity index (χ4n) is 2.04. The van der Waals surface area contributed by atoms with Gasteiger partial charge in [-0.3, -0.25) is 0 Å². The third-order valence-corrected chi connectivity index (χ3v) is 6.81. The molecule has 2 heterocycles. The van der Waals surface area contributed by atoms with Gasteiger partial charge in [0.25, 0.3) is 0 Å². The number of hydrogen-bond acceptors (Lipinski definition) is 5. The molecular weight excluding hydrogens is 322 g/mol. The Morgan fingerprint density at radius 1 is 1.53 bits per heavy atom. The molecule has 1 aromatic heterocycles. The van der Waals surface area contributed by atoms with Crippen LogP contribution >= 0.6 is 39.5 Å². The van der Waals surface area contributed by atoms with Gasteiger partial charge >= 0.3 is 0 Å². The van der Waals surface area contributed by atoms with E-state index < -0.39 is 6.10 Å². The molecule has 0 radical (unpaired) electrons. The monoisotopic (exact) mass is 337 g/mol. The highest BCUT2D eigenvalue weighted by Crippen LogP contribution is 2.41. The minimum Gasteiger partial charge on any atom is -0.385 e. The van der Waals surface area contributed by atoms with Crippen LogP contribution in [0.15, 0.2) is 4.60 Å². The standard InChI is InChI=1S/C10H16BrN3OS2/c1-3-6-9(17-5-4-16-6)8(15)7-10(11)12-13-14(7)2/h6,8-9,15H,3-5H2,1-2H3. The molecule has 0 aromatic carbocycles. The predicted molar refractivity (Wildman–Crippen MR) is 76.4 cm³/mol. The second-order valence-electron chi connectivity index (χ2n) is 3.99. The second kappa shape index (κ2) is 5.95. The largest absolute Gasteiger partial charge is 0.385 e. The third kappa shape index (κ3) is 2.83. The molecule has 1 aliphatic heterocycles. The summed E-state index contributed by atoms with van der Waals surface area (Å²) in [5.41, 5.74) is 0.781. The summed E-state index contributed by atoms with van der Waals surface area (Å²) in [6.45, 7) is 2.18. The SMILES string of the molecule is CCC1SCCSC1C(O)c1c(Br)nnn1C. The maximum atomic E-state index is 10.5. The lowest BCUT2D eigenvalue weighted by Gasteiger charge is -2.33. The number of rotatable bonds is 3. The van der Waals surface area contributed by atoms with Crippen LogP contribution in [0.25, 0.3) is 0 Å². The summed E-state index contributed by atoms with van der Waals surface area (Å²) < 4.78 is 2.31. The highest BCUT2D eigenvalue weighted by molar-refractivity contribution is 9.10. The molecule has 1 saturated heterocycles. The van der Waals surface area contributed by atoms with E-state index >= 15 is 0 Å². The molecule has 1 aliphatic rings. The van der Waals surface area contributed by atoms with Crippen LogP contribution in [-0.2, 0) is 7.05 Å². The molecule has 0 aliphatic carbocycles. The Labute approximate surface area is 118 Å². The minimum absolute atomic E-state index is 0.229. The average molecular weight is 338 g/mol. The average Bonchev–Trinajstić information content (AvgIpc) is 2.68. The van der Waals surface area contributed by atoms with Crippen LogP contribution in [0.2, 0.25) is 0 Å². The molecule has 0 spiro atoms. The van der Waals surface area contributed by atoms with Gasteiger partial charge in [-0.25, -0.2) is 4.68 Å². The van der Waals surface area contributed by atoms with E-state index in [1.54, 1.807) is 4.68 Å². The van der Waals surface area contributed by atoms with E-state index in [9.17, 15) is 5.11 Å². The molecule has 96 valence electrons. The molecule has 1 N–H and O–H groups in total. The molecule has 17 heavy (non-hydrogen) atoms. The number of halogens is 1. The van der Waals surface area contributed by atoms with Crippen molar-refractivity contribution in [3.63, 3.8) is 0 Å². The van der Waals surface area contributed by atoms with Gasteiger partial charge in [0.15, 0.2) is 4.60 Å². The number of thioether (sulfide) groups is 2. The molecule has 0 saturated carbocycles. The zero-order chi connectivity index (χ0) is 12.4. The normalized spacial score (nSPS) is 27.1. The molecule has 0 amide bonds. The summed E-state index contributed by atoms with van der Waals surface area (Å²) >= 11 is 7.18. The zero-order valence-electron chi connectivity index (χ0n) is 9.84. The van der Waals surface area contributed by atoms with Gasteiger partial charge in [-0.2, -0.15) is 23.5 Å². The molecule has 3 atom stereocenters. The fourth-order valence-corrected chi connectivity index (χ4v) is 5.71. The summed E-state index contributed by atoms with van der Waals surface area (Å²) in [7, 11) is 1.82. The van der Waals surface area contributed by atoms with Crippen molar-refractivity contribution >= 4 is 39.5 Å². The van der Waals surface area contributed by atoms with E-state index in [0.717, 1.165) is 17.9 Å². The molecule has 1 fully saturated rings. The smallest absolute Gasteiger partial charge is 0.154 e. The van der Waals surface area contributed by atoms with E-state index in [2.05, 4.69) is 33.2 Å². The van der Waals surface area contributed by atoms with Crippen LogP contribution in [0.4, 0.5) is 0 Å². The van der Waals surface area contributed by atoms with E-state index in [-0.39, 0.29) is 5.25 Å². The number of aryl methyl sites for hydroxylation is 1. The third-order valence-electron chi connectivity index (χ3n) is 2.91. The van der Waals surface area contributed by atoms with E-state index in [0.29, 0.717) is 9.85 Å². The van der Waals surface area contributed by atoms with Crippen LogP contribution in [0.3, 0.4) is 0 Å². The molecule has 2 rings (SSSR count). The van der Waals surface area contributed by atoms with Gasteiger partial charge in [0.05, 0.1) is 0 Å². The Kier molecular flexibility index (Phi) is 4.80. The van der Waals surface area contributed by atoms with Crippen LogP contribution < -0.4 is 0 Å². The van der Waals surface area contributed by atoms with Gasteiger partial charge in [-0.05, 0) is 22.4 Å². The maximum Gasteiger partial charge on any atom is 0.154 e. The molecular formula is C10H16BrN3OS2. The lowest BCUT2D eigenvalue weighted by atomic mass is 10.1. The molecule has 4 nitrogen and oxygen atoms in total. The molecule has 1 aromatic rings. The number of aromatic nitrogens is 3. The van der Waals surface area contributed by atoms with Gasteiger partial charge in [0.2, 0.25) is 0 Å². The van der Waals surface area contributed by atoms with E-state index in [1.165, 1.54) is 5.75 Å². The topological polar surface area (TPSA) is 50.9 Å². The van der Waals surface area contributed by atoms with Crippen LogP contribution in [-0.4, -0.2) is 42.1 Å². The highest BCUT2D eigenvalue weighted by atomic mass is 79.9. The van der Waals surface area contributed by atoms with Crippen molar-refractivity contribution in [1.29, 1.82) is 0 Å². The van der Waals surface area contributed by atoms with Crippen molar-refractivity contribution in [2.24, 2.45) is 7.05 Å². The van der Waals surface area contributed by atoms with Crippen LogP contribution in [0.5, 0.6) is 0 Å². The van der Waals surface area contributed by atoms with E-state index in [1.807, 2.05) is 30.6 Å². The summed E-state index contributed by atoms with van der Waals surface area (Å²) in [6, 6.07) is 0. The Balaban J connectivity index is 2.21. The summed E-state index contributed by atoms with van der Waals surface area (Å²) in [6.07, 6.45) is 0.578. The summed E-state index contributed by atoms with van der Waals surface area (Å²) in [5, 5.41) is 19.1. The second-order valence-corrected chi connectivity index (χ2v) is 7.37. The van der Waals surface area contributed by atoms with Gasteiger partial charge in [-0.15, -0.1) is 5.10 Å². The lowest BCUT2D eigenvalue weighted by Crippen LogP contribution is -2.32. The Morgan fingerprint density at radius 2 is 2.24 bits per heavy atom. The van der Waals surface area contributed by atoms with Gasteiger partial charge in [-0.1, -0.05) is 12.1 Å². The number of aliphatic hydroxyl groups excluding tert-OH is 1. The van der Waals surface area contributed by atoms with Gasteiger partial charge < -0.3 is 5.11 Å². The first-order chi connectivity index (χ1) is 8.15. The first-order valence-electron chi connectivity index (χ1n) is 5.61. The Hall–Kier alpha value is 0.280. The zero-order valence-corrected chi connectivity index (χ0v) is 13.1. The fraction of sp³-hybridized carbons (Fsp3) is 0.800. The van der Waals surface area contributed by atoms with Gasteiger partial charge in [0.1, 0.15) is 11.8 Å². The van der Waals surface area contributed by atoms with Crippen LogP contribution in [0, 0.1) is 0 Å². The van der Waals surface area contributed by atoms with Crippen molar-refractivity contribution < 1.29 is 5.11 Å². The number of hydrogen-bond donors (Lipinski definition) is 1. The summed E-state index contributed by atoms with van der Waals surface area (Å²) in [5.74, 6) is 2.28. The minimum atomic E-state index is -0.507. The molecule has 0 bridgehead atoms. The molecule has 3 unspecified atom stereocenters. The van der Waals surface area contributed by atoms with Crippen molar-refractivity contribution in [2.75, 3.05) is 11.5 Å². The number of nitrogens with zero attached hydrogens (tertiary/aromatic N) is 3. The highest BCUT2D eigenvalue weighted by Gasteiger charge is 2.34. The van der Waals surface area contributed by atoms with Crippen molar-refractivity contribution in [3.05, 3.63) is 10.3 Å².